The van der Waals surface area contributed by atoms with Crippen molar-refractivity contribution in [1.29, 1.82) is 0 Å². The monoisotopic (exact) mass is 469 g/mol. The summed E-state index contributed by atoms with van der Waals surface area (Å²) in [6, 6.07) is 21.3. The van der Waals surface area contributed by atoms with Crippen LogP contribution >= 0.6 is 0 Å². The zero-order chi connectivity index (χ0) is 22.9. The third-order valence-corrected chi connectivity index (χ3v) is 8.35. The number of hydrogen-bond acceptors (Lipinski definition) is 6. The maximum Gasteiger partial charge on any atom is 0.268 e. The van der Waals surface area contributed by atoms with Gasteiger partial charge in [-0.2, -0.15) is 0 Å². The van der Waals surface area contributed by atoms with Crippen molar-refractivity contribution in [2.24, 2.45) is 0 Å². The number of benzene rings is 3. The quantitative estimate of drug-likeness (QED) is 0.384. The minimum atomic E-state index is -4.20. The standard InChI is InChI=1S/C23H19NO6S2/c1-30-18-11-13-20(14-12-18)32(28,29)24-21-10-6-5-7-17(21)15-22(24)23(25)16-31(26,27)19-8-3-2-4-9-19/h2-15H,16H2,1H3. The van der Waals surface area contributed by atoms with Gasteiger partial charge in [0.15, 0.2) is 15.6 Å². The van der Waals surface area contributed by atoms with Crippen LogP contribution in [0.5, 0.6) is 5.75 Å². The molecule has 1 aromatic heterocycles. The van der Waals surface area contributed by atoms with Crippen LogP contribution in [-0.2, 0) is 19.9 Å². The van der Waals surface area contributed by atoms with Gasteiger partial charge in [0.25, 0.3) is 10.0 Å². The smallest absolute Gasteiger partial charge is 0.268 e. The zero-order valence-electron chi connectivity index (χ0n) is 17.0. The van der Waals surface area contributed by atoms with E-state index in [-0.39, 0.29) is 21.0 Å². The first-order valence-electron chi connectivity index (χ1n) is 9.55. The molecule has 9 heteroatoms. The Kier molecular flexibility index (Phi) is 5.62. The van der Waals surface area contributed by atoms with Gasteiger partial charge in [-0.15, -0.1) is 0 Å². The normalized spacial score (nSPS) is 12.0. The molecule has 4 aromatic rings. The molecular formula is C23H19NO6S2. The average molecular weight is 470 g/mol. The number of nitrogens with zero attached hydrogens (tertiary/aromatic N) is 1. The third-order valence-electron chi connectivity index (χ3n) is 4.97. The van der Waals surface area contributed by atoms with Gasteiger partial charge in [-0.05, 0) is 48.5 Å². The van der Waals surface area contributed by atoms with Gasteiger partial charge in [-0.25, -0.2) is 20.8 Å². The molecule has 0 unspecified atom stereocenters. The highest BCUT2D eigenvalue weighted by molar-refractivity contribution is 7.92. The molecule has 0 aliphatic heterocycles. The molecule has 0 saturated carbocycles. The molecule has 0 saturated heterocycles. The Morgan fingerprint density at radius 3 is 2.09 bits per heavy atom. The fourth-order valence-corrected chi connectivity index (χ4v) is 6.15. The molecule has 164 valence electrons. The molecule has 4 rings (SSSR count). The van der Waals surface area contributed by atoms with Crippen LogP contribution in [0.2, 0.25) is 0 Å². The minimum absolute atomic E-state index is 0.00553. The molecule has 32 heavy (non-hydrogen) atoms. The maximum atomic E-state index is 13.5. The molecule has 3 aromatic carbocycles. The predicted octanol–water partition coefficient (Wildman–Crippen LogP) is 3.54. The van der Waals surface area contributed by atoms with E-state index in [1.165, 1.54) is 49.6 Å². The molecule has 1 heterocycles. The molecule has 0 N–H and O–H groups in total. The summed E-state index contributed by atoms with van der Waals surface area (Å²) in [6.07, 6.45) is 0. The maximum absolute atomic E-state index is 13.5. The van der Waals surface area contributed by atoms with Gasteiger partial charge in [0.05, 0.1) is 22.4 Å². The minimum Gasteiger partial charge on any atom is -0.497 e. The number of ether oxygens (including phenoxy) is 1. The Morgan fingerprint density at radius 1 is 0.812 bits per heavy atom. The summed E-state index contributed by atoms with van der Waals surface area (Å²) >= 11 is 0. The number of methoxy groups -OCH3 is 1. The lowest BCUT2D eigenvalue weighted by molar-refractivity contribution is 0.101. The van der Waals surface area contributed by atoms with Crippen LogP contribution < -0.4 is 4.74 Å². The lowest BCUT2D eigenvalue weighted by Gasteiger charge is -2.12. The third kappa shape index (κ3) is 3.92. The number of aromatic nitrogens is 1. The second kappa shape index (κ2) is 8.25. The molecule has 0 spiro atoms. The second-order valence-electron chi connectivity index (χ2n) is 7.03. The first-order valence-corrected chi connectivity index (χ1v) is 12.6. The van der Waals surface area contributed by atoms with E-state index in [0.717, 1.165) is 3.97 Å². The highest BCUT2D eigenvalue weighted by Crippen LogP contribution is 2.28. The first kappa shape index (κ1) is 21.8. The summed E-state index contributed by atoms with van der Waals surface area (Å²) in [7, 11) is -6.69. The number of para-hydroxylation sites is 1. The van der Waals surface area contributed by atoms with Crippen molar-refractivity contribution in [3.05, 3.63) is 90.6 Å². The van der Waals surface area contributed by atoms with Crippen molar-refractivity contribution in [3.8, 4) is 5.75 Å². The molecule has 0 fully saturated rings. The molecule has 7 nitrogen and oxygen atoms in total. The van der Waals surface area contributed by atoms with E-state index in [1.54, 1.807) is 42.5 Å². The van der Waals surface area contributed by atoms with Crippen molar-refractivity contribution in [2.75, 3.05) is 12.9 Å². The summed E-state index contributed by atoms with van der Waals surface area (Å²) in [6.45, 7) is 0. The lowest BCUT2D eigenvalue weighted by atomic mass is 10.2. The van der Waals surface area contributed by atoms with Gasteiger partial charge >= 0.3 is 0 Å². The van der Waals surface area contributed by atoms with Gasteiger partial charge in [-0.1, -0.05) is 36.4 Å². The molecule has 0 aliphatic carbocycles. The summed E-state index contributed by atoms with van der Waals surface area (Å²) in [5.41, 5.74) is 0.0605. The predicted molar refractivity (Wildman–Crippen MR) is 120 cm³/mol. The van der Waals surface area contributed by atoms with Crippen LogP contribution in [0.1, 0.15) is 10.5 Å². The molecule has 0 amide bonds. The number of fused-ring (bicyclic) bond motifs is 1. The largest absolute Gasteiger partial charge is 0.497 e. The van der Waals surface area contributed by atoms with Crippen LogP contribution in [0.4, 0.5) is 0 Å². The number of rotatable bonds is 7. The van der Waals surface area contributed by atoms with E-state index < -0.39 is 31.4 Å². The fraction of sp³-hybridized carbons (Fsp3) is 0.0870. The number of carbonyl (C=O) groups is 1. The number of ketones is 1. The highest BCUT2D eigenvalue weighted by atomic mass is 32.2. The Hall–Kier alpha value is -3.43. The van der Waals surface area contributed by atoms with Gasteiger partial charge in [0.2, 0.25) is 0 Å². The average Bonchev–Trinajstić information content (AvgIpc) is 3.20. The van der Waals surface area contributed by atoms with Gasteiger partial charge in [0, 0.05) is 5.39 Å². The molecule has 0 bridgehead atoms. The summed E-state index contributed by atoms with van der Waals surface area (Å²) in [4.78, 5) is 13.1. The molecule has 0 radical (unpaired) electrons. The number of Topliss-reactive ketones (excluding diaryl/α,β-unsaturated/α-hetero) is 1. The van der Waals surface area contributed by atoms with Crippen molar-refractivity contribution >= 4 is 36.5 Å². The molecular weight excluding hydrogens is 450 g/mol. The summed E-state index contributed by atoms with van der Waals surface area (Å²) in [5, 5.41) is 0.505. The number of hydrogen-bond donors (Lipinski definition) is 0. The summed E-state index contributed by atoms with van der Waals surface area (Å²) in [5.74, 6) is -1.19. The van der Waals surface area contributed by atoms with E-state index >= 15 is 0 Å². The Labute approximate surface area is 185 Å². The summed E-state index contributed by atoms with van der Waals surface area (Å²) < 4.78 is 58.4. The van der Waals surface area contributed by atoms with Crippen molar-refractivity contribution in [2.45, 2.75) is 9.79 Å². The van der Waals surface area contributed by atoms with Gasteiger partial charge in [0.1, 0.15) is 17.2 Å². The first-order chi connectivity index (χ1) is 15.2. The van der Waals surface area contributed by atoms with E-state index in [9.17, 15) is 21.6 Å². The molecule has 0 atom stereocenters. The topological polar surface area (TPSA) is 99.5 Å². The van der Waals surface area contributed by atoms with Crippen LogP contribution in [0, 0.1) is 0 Å². The zero-order valence-corrected chi connectivity index (χ0v) is 18.6. The number of carbonyl (C=O) groups excluding carboxylic acids is 1. The van der Waals surface area contributed by atoms with E-state index in [4.69, 9.17) is 4.74 Å². The Balaban J connectivity index is 1.84. The Morgan fingerprint density at radius 2 is 1.44 bits per heavy atom. The van der Waals surface area contributed by atoms with Crippen LogP contribution in [-0.4, -0.2) is 39.5 Å². The second-order valence-corrected chi connectivity index (χ2v) is 10.8. The number of sulfone groups is 1. The van der Waals surface area contributed by atoms with E-state index in [0.29, 0.717) is 11.1 Å². The van der Waals surface area contributed by atoms with Crippen molar-refractivity contribution in [1.82, 2.24) is 3.97 Å². The SMILES string of the molecule is COc1ccc(S(=O)(=O)n2c(C(=O)CS(=O)(=O)c3ccccc3)cc3ccccc32)cc1. The van der Waals surface area contributed by atoms with Gasteiger partial charge in [-0.3, -0.25) is 4.79 Å². The fourth-order valence-electron chi connectivity index (χ4n) is 3.39. The molecule has 0 aliphatic rings. The van der Waals surface area contributed by atoms with Crippen LogP contribution in [0.25, 0.3) is 10.9 Å². The van der Waals surface area contributed by atoms with E-state index in [1.807, 2.05) is 0 Å². The van der Waals surface area contributed by atoms with Crippen LogP contribution in [0.15, 0.2) is 94.7 Å². The van der Waals surface area contributed by atoms with E-state index in [2.05, 4.69) is 0 Å². The van der Waals surface area contributed by atoms with Crippen LogP contribution in [0.3, 0.4) is 0 Å². The van der Waals surface area contributed by atoms with Gasteiger partial charge < -0.3 is 4.74 Å². The highest BCUT2D eigenvalue weighted by Gasteiger charge is 2.29. The Bertz CT molecular complexity index is 1500. The lowest BCUT2D eigenvalue weighted by Crippen LogP contribution is -2.23. The van der Waals surface area contributed by atoms with Crippen molar-refractivity contribution in [3.63, 3.8) is 0 Å². The van der Waals surface area contributed by atoms with Crippen molar-refractivity contribution < 1.29 is 26.4 Å².